The first kappa shape index (κ1) is 34.1. The highest BCUT2D eigenvalue weighted by Crippen LogP contribution is 2.43. The second-order valence-corrected chi connectivity index (χ2v) is 13.3. The highest BCUT2D eigenvalue weighted by Gasteiger charge is 2.48. The van der Waals surface area contributed by atoms with Crippen LogP contribution in [0.15, 0.2) is 42.5 Å². The lowest BCUT2D eigenvalue weighted by Gasteiger charge is -2.53. The van der Waals surface area contributed by atoms with Crippen LogP contribution >= 0.6 is 0 Å². The van der Waals surface area contributed by atoms with Crippen molar-refractivity contribution < 1.29 is 55.8 Å². The van der Waals surface area contributed by atoms with Crippen molar-refractivity contribution in [3.8, 4) is 11.5 Å². The molecule has 1 unspecified atom stereocenters. The van der Waals surface area contributed by atoms with Crippen LogP contribution in [0.2, 0.25) is 0 Å². The van der Waals surface area contributed by atoms with Gasteiger partial charge in [0.1, 0.15) is 42.5 Å². The Bertz CT molecular complexity index is 1290. The Hall–Kier alpha value is -2.25. The Morgan fingerprint density at radius 1 is 1.13 bits per heavy atom. The van der Waals surface area contributed by atoms with E-state index in [2.05, 4.69) is 10.6 Å². The number of hydrogen-bond donors (Lipinski definition) is 5. The molecule has 7 rings (SSSR count). The minimum Gasteiger partial charge on any atom is -1.00 e. The molecule has 3 saturated heterocycles. The van der Waals surface area contributed by atoms with E-state index in [0.29, 0.717) is 36.1 Å². The van der Waals surface area contributed by atoms with Gasteiger partial charge in [-0.15, -0.1) is 0 Å². The van der Waals surface area contributed by atoms with Crippen LogP contribution in [0.25, 0.3) is 0 Å². The standard InChI is InChI=1S/C34H47N3O7.BrH/c1-23(35-19-30(39)28-17-27(38)18-29-33(28)43-21-32(40)36-29)42-16-15-37-13-11-24(12-14-37)31(20-37)44-22-34(41,26-9-5-6-10-26)25-7-3-2-4-8-25;/h2-4,7-8,17-18,23-24,26,30-31,35,39,41H,5-6,9-16,19-22H2,1H3,(H-,36,38,40);1H/t23?,24?,30-,31-,34+,37?;/m0./s1. The minimum atomic E-state index is -0.962. The van der Waals surface area contributed by atoms with Gasteiger partial charge in [0, 0.05) is 36.9 Å². The molecule has 2 aromatic rings. The maximum absolute atomic E-state index is 12.0. The first-order chi connectivity index (χ1) is 21.2. The van der Waals surface area contributed by atoms with Crippen LogP contribution in [-0.2, 0) is 19.9 Å². The fraction of sp³-hybridized carbons (Fsp3) is 0.618. The second kappa shape index (κ2) is 14.7. The van der Waals surface area contributed by atoms with E-state index < -0.39 is 11.7 Å². The average Bonchev–Trinajstić information content (AvgIpc) is 3.59. The van der Waals surface area contributed by atoms with Crippen molar-refractivity contribution in [3.63, 3.8) is 0 Å². The summed E-state index contributed by atoms with van der Waals surface area (Å²) < 4.78 is 19.3. The summed E-state index contributed by atoms with van der Waals surface area (Å²) in [5.41, 5.74) is 0.790. The number of anilines is 1. The molecule has 248 valence electrons. The molecule has 45 heavy (non-hydrogen) atoms. The van der Waals surface area contributed by atoms with Crippen molar-refractivity contribution in [1.82, 2.24) is 5.32 Å². The number of phenolic OH excluding ortho intramolecular Hbond substituents is 1. The molecule has 4 atom stereocenters. The average molecular weight is 691 g/mol. The Labute approximate surface area is 276 Å². The molecule has 0 aromatic heterocycles. The van der Waals surface area contributed by atoms with E-state index in [1.165, 1.54) is 25.0 Å². The Balaban J connectivity index is 0.00000400. The number of quaternary nitrogens is 1. The zero-order valence-corrected chi connectivity index (χ0v) is 27.7. The van der Waals surface area contributed by atoms with E-state index in [4.69, 9.17) is 14.2 Å². The van der Waals surface area contributed by atoms with Crippen LogP contribution in [0.3, 0.4) is 0 Å². The Morgan fingerprint density at radius 2 is 1.87 bits per heavy atom. The lowest BCUT2D eigenvalue weighted by atomic mass is 9.80. The summed E-state index contributed by atoms with van der Waals surface area (Å²) in [7, 11) is 0. The number of aliphatic hydroxyl groups excluding tert-OH is 1. The summed E-state index contributed by atoms with van der Waals surface area (Å²) in [6.07, 6.45) is 5.59. The highest BCUT2D eigenvalue weighted by molar-refractivity contribution is 5.96. The summed E-state index contributed by atoms with van der Waals surface area (Å²) >= 11 is 0. The molecule has 0 spiro atoms. The van der Waals surface area contributed by atoms with Crippen molar-refractivity contribution in [2.45, 2.75) is 69.5 Å². The number of carbonyl (C=O) groups excluding carboxylic acids is 1. The third kappa shape index (κ3) is 7.67. The molecule has 1 saturated carbocycles. The maximum atomic E-state index is 12.0. The van der Waals surface area contributed by atoms with Crippen LogP contribution < -0.4 is 32.4 Å². The Kier molecular flexibility index (Phi) is 11.1. The van der Waals surface area contributed by atoms with Crippen molar-refractivity contribution in [1.29, 1.82) is 0 Å². The van der Waals surface area contributed by atoms with Gasteiger partial charge in [-0.25, -0.2) is 0 Å². The zero-order valence-electron chi connectivity index (χ0n) is 26.1. The number of aromatic hydroxyl groups is 1. The van der Waals surface area contributed by atoms with E-state index in [-0.39, 0.29) is 60.0 Å². The molecule has 4 aliphatic heterocycles. The molecule has 5 N–H and O–H groups in total. The number of nitrogens with zero attached hydrogens (tertiary/aromatic N) is 1. The summed E-state index contributed by atoms with van der Waals surface area (Å²) in [5, 5.41) is 38.8. The van der Waals surface area contributed by atoms with Crippen LogP contribution in [-0.4, -0.2) is 90.6 Å². The number of piperidine rings is 3. The third-order valence-electron chi connectivity index (χ3n) is 10.5. The van der Waals surface area contributed by atoms with Crippen LogP contribution in [0.5, 0.6) is 11.5 Å². The smallest absolute Gasteiger partial charge is 0.262 e. The number of benzene rings is 2. The van der Waals surface area contributed by atoms with Crippen molar-refractivity contribution in [3.05, 3.63) is 53.6 Å². The molecule has 0 radical (unpaired) electrons. The molecular formula is C34H48BrN3O7. The van der Waals surface area contributed by atoms with E-state index in [0.717, 1.165) is 61.9 Å². The summed E-state index contributed by atoms with van der Waals surface area (Å²) in [5.74, 6) is 0.793. The quantitative estimate of drug-likeness (QED) is 0.151. The number of hydrogen-bond acceptors (Lipinski definition) is 8. The normalized spacial score (nSPS) is 27.0. The molecule has 2 bridgehead atoms. The van der Waals surface area contributed by atoms with Gasteiger partial charge < -0.3 is 56.3 Å². The van der Waals surface area contributed by atoms with Crippen molar-refractivity contribution >= 4 is 11.6 Å². The number of rotatable bonds is 13. The van der Waals surface area contributed by atoms with Crippen LogP contribution in [0, 0.1) is 11.8 Å². The number of halogens is 1. The number of nitrogens with one attached hydrogen (secondary N) is 2. The molecule has 1 amide bonds. The third-order valence-corrected chi connectivity index (χ3v) is 10.5. The van der Waals surface area contributed by atoms with Crippen LogP contribution in [0.1, 0.15) is 62.7 Å². The number of carbonyl (C=O) groups is 1. The number of amides is 1. The number of ether oxygens (including phenoxy) is 3. The number of fused-ring (bicyclic) bond motifs is 4. The predicted octanol–water partition coefficient (Wildman–Crippen LogP) is 0.416. The molecule has 1 aliphatic carbocycles. The number of aliphatic hydroxyl groups is 2. The predicted molar refractivity (Wildman–Crippen MR) is 165 cm³/mol. The number of phenols is 1. The minimum absolute atomic E-state index is 0. The van der Waals surface area contributed by atoms with Gasteiger partial charge in [0.2, 0.25) is 0 Å². The summed E-state index contributed by atoms with van der Waals surface area (Å²) in [6.45, 7) is 6.99. The van der Waals surface area contributed by atoms with Crippen molar-refractivity contribution in [2.75, 3.05) is 57.9 Å². The second-order valence-electron chi connectivity index (χ2n) is 13.3. The summed E-state index contributed by atoms with van der Waals surface area (Å²) in [6, 6.07) is 13.0. The van der Waals surface area contributed by atoms with Gasteiger partial charge in [0.25, 0.3) is 5.91 Å². The van der Waals surface area contributed by atoms with E-state index in [1.807, 2.05) is 37.3 Å². The highest BCUT2D eigenvalue weighted by atomic mass is 79.9. The monoisotopic (exact) mass is 689 g/mol. The van der Waals surface area contributed by atoms with E-state index in [1.54, 1.807) is 0 Å². The topological polar surface area (TPSA) is 130 Å². The van der Waals surface area contributed by atoms with Gasteiger partial charge >= 0.3 is 0 Å². The van der Waals surface area contributed by atoms with E-state index in [9.17, 15) is 20.1 Å². The first-order valence-corrected chi connectivity index (χ1v) is 16.3. The van der Waals surface area contributed by atoms with Gasteiger partial charge in [-0.3, -0.25) is 10.1 Å². The van der Waals surface area contributed by atoms with Gasteiger partial charge in [0.05, 0.1) is 38.1 Å². The molecule has 4 heterocycles. The van der Waals surface area contributed by atoms with Gasteiger partial charge in [-0.2, -0.15) is 0 Å². The first-order valence-electron chi connectivity index (χ1n) is 16.3. The molecule has 2 aromatic carbocycles. The van der Waals surface area contributed by atoms with Gasteiger partial charge in [-0.1, -0.05) is 43.2 Å². The molecule has 5 aliphatic rings. The lowest BCUT2D eigenvalue weighted by Crippen LogP contribution is -3.00. The fourth-order valence-corrected chi connectivity index (χ4v) is 7.86. The fourth-order valence-electron chi connectivity index (χ4n) is 7.86. The van der Waals surface area contributed by atoms with Crippen molar-refractivity contribution in [2.24, 2.45) is 11.8 Å². The Morgan fingerprint density at radius 3 is 2.60 bits per heavy atom. The molecule has 4 fully saturated rings. The molecular weight excluding hydrogens is 642 g/mol. The lowest BCUT2D eigenvalue weighted by molar-refractivity contribution is -0.946. The zero-order chi connectivity index (χ0) is 30.7. The molecule has 10 nitrogen and oxygen atoms in total. The maximum Gasteiger partial charge on any atom is 0.262 e. The van der Waals surface area contributed by atoms with Crippen LogP contribution in [0.4, 0.5) is 5.69 Å². The van der Waals surface area contributed by atoms with Gasteiger partial charge in [-0.05, 0) is 37.3 Å². The largest absolute Gasteiger partial charge is 1.00 e. The van der Waals surface area contributed by atoms with E-state index >= 15 is 0 Å². The SMILES string of the molecule is CC(NC[C@H](O)c1cc(O)cc2c1OCC(=O)N2)OCC[N+]12CCC(CC1)[C@@H](OC[C@@](O)(c1ccccc1)C1CCCC1)C2.[Br-]. The van der Waals surface area contributed by atoms with Gasteiger partial charge in [0.15, 0.2) is 6.61 Å². The molecule has 11 heteroatoms. The summed E-state index contributed by atoms with van der Waals surface area (Å²) in [4.78, 5) is 11.7.